The highest BCUT2D eigenvalue weighted by Gasteiger charge is 2.58. The molecule has 9 aliphatic rings. The van der Waals surface area contributed by atoms with Crippen molar-refractivity contribution in [1.29, 1.82) is 0 Å². The molecule has 0 amide bonds. The van der Waals surface area contributed by atoms with E-state index >= 15 is 0 Å². The van der Waals surface area contributed by atoms with Crippen molar-refractivity contribution in [2.24, 2.45) is 105 Å². The molecule has 0 aromatic rings. The van der Waals surface area contributed by atoms with Gasteiger partial charge in [-0.3, -0.25) is 0 Å². The van der Waals surface area contributed by atoms with Crippen LogP contribution in [0.3, 0.4) is 0 Å². The van der Waals surface area contributed by atoms with Crippen LogP contribution in [-0.2, 0) is 0 Å². The number of fused-ring (bicyclic) bond motifs is 6. The molecule has 0 radical (unpaired) electrons. The SMILES string of the molecule is CC(C)C1CC2CC(C1C)C2(C)C.CC(C)C1C[C@@H]2C[C@H]([C@H]1C)C2(C)C.CC(C)C1C[C@H]2C[C@@H]([C@@H]1C)C2(C)C. The second-order valence-corrected chi connectivity index (χ2v) is 19.1. The van der Waals surface area contributed by atoms with Crippen molar-refractivity contribution in [3.05, 3.63) is 0 Å². The molecule has 9 rings (SSSR count). The lowest BCUT2D eigenvalue weighted by atomic mass is 9.42. The molecular weight excluding hydrogens is 468 g/mol. The van der Waals surface area contributed by atoms with Gasteiger partial charge in [0.2, 0.25) is 0 Å². The molecule has 9 saturated carbocycles. The maximum Gasteiger partial charge on any atom is -0.0295 e. The van der Waals surface area contributed by atoms with Gasteiger partial charge in [0.25, 0.3) is 0 Å². The lowest BCUT2D eigenvalue weighted by Crippen LogP contribution is -2.55. The fraction of sp³-hybridized carbons (Fsp3) is 1.00. The van der Waals surface area contributed by atoms with Gasteiger partial charge in [-0.15, -0.1) is 0 Å². The van der Waals surface area contributed by atoms with E-state index in [1.54, 1.807) is 0 Å². The van der Waals surface area contributed by atoms with Crippen LogP contribution >= 0.6 is 0 Å². The summed E-state index contributed by atoms with van der Waals surface area (Å²) in [6, 6.07) is 0. The highest BCUT2D eigenvalue weighted by atomic mass is 14.6. The summed E-state index contributed by atoms with van der Waals surface area (Å²) in [5, 5.41) is 0. The fourth-order valence-corrected chi connectivity index (χ4v) is 12.2. The largest absolute Gasteiger partial charge is 0.0625 e. The Bertz CT molecular complexity index is 710. The van der Waals surface area contributed by atoms with Crippen molar-refractivity contribution in [2.45, 2.75) is 142 Å². The van der Waals surface area contributed by atoms with Gasteiger partial charge >= 0.3 is 0 Å². The highest BCUT2D eigenvalue weighted by Crippen LogP contribution is 2.65. The predicted octanol–water partition coefficient (Wildman–Crippen LogP) is 11.9. The Morgan fingerprint density at radius 2 is 0.590 bits per heavy atom. The third-order valence-corrected chi connectivity index (χ3v) is 15.8. The van der Waals surface area contributed by atoms with E-state index in [2.05, 4.69) is 104 Å². The summed E-state index contributed by atoms with van der Waals surface area (Å²) in [5.74, 6) is 14.9. The summed E-state index contributed by atoms with van der Waals surface area (Å²) >= 11 is 0. The molecule has 0 aliphatic heterocycles. The molecule has 6 unspecified atom stereocenters. The molecule has 9 fully saturated rings. The first kappa shape index (κ1) is 31.9. The molecule has 39 heavy (non-hydrogen) atoms. The predicted molar refractivity (Wildman–Crippen MR) is 172 cm³/mol. The Balaban J connectivity index is 0.000000136. The van der Waals surface area contributed by atoms with E-state index in [1.807, 2.05) is 0 Å². The average Bonchev–Trinajstić information content (AvgIpc) is 2.83. The van der Waals surface area contributed by atoms with E-state index in [-0.39, 0.29) is 0 Å². The first-order valence-corrected chi connectivity index (χ1v) is 17.8. The molecule has 12 atom stereocenters. The molecule has 0 aromatic heterocycles. The fourth-order valence-electron chi connectivity index (χ4n) is 12.2. The van der Waals surface area contributed by atoms with Gasteiger partial charge in [0.15, 0.2) is 0 Å². The summed E-state index contributed by atoms with van der Waals surface area (Å²) in [6.07, 6.45) is 9.08. The Kier molecular flexibility index (Phi) is 8.94. The minimum atomic E-state index is 0.671. The van der Waals surface area contributed by atoms with Crippen LogP contribution < -0.4 is 0 Å². The third kappa shape index (κ3) is 5.34. The Hall–Kier alpha value is 0. The van der Waals surface area contributed by atoms with Crippen molar-refractivity contribution < 1.29 is 0 Å². The zero-order valence-electron chi connectivity index (χ0n) is 29.4. The van der Waals surface area contributed by atoms with Crippen LogP contribution in [0.15, 0.2) is 0 Å². The zero-order valence-corrected chi connectivity index (χ0v) is 29.4. The van der Waals surface area contributed by atoms with Gasteiger partial charge in [-0.2, -0.15) is 0 Å². The van der Waals surface area contributed by atoms with Gasteiger partial charge in [-0.05, 0) is 144 Å². The molecule has 0 saturated heterocycles. The number of hydrogen-bond donors (Lipinski definition) is 0. The standard InChI is InChI=1S/3C13H24/c3*1-8(2)11-6-10-7-12(9(11)3)13(10,4)5/h3*8-12H,6-7H2,1-5H3/t2*9-,10+,11?,12+;/m10./s1. The van der Waals surface area contributed by atoms with Crippen molar-refractivity contribution >= 4 is 0 Å². The summed E-state index contributed by atoms with van der Waals surface area (Å²) in [6.45, 7) is 36.8. The van der Waals surface area contributed by atoms with Crippen LogP contribution in [-0.4, -0.2) is 0 Å². The van der Waals surface area contributed by atoms with Gasteiger partial charge in [0.05, 0.1) is 0 Å². The third-order valence-electron chi connectivity index (χ3n) is 15.8. The molecule has 0 heteroatoms. The van der Waals surface area contributed by atoms with E-state index < -0.39 is 0 Å². The van der Waals surface area contributed by atoms with E-state index in [1.165, 1.54) is 38.5 Å². The molecule has 0 heterocycles. The van der Waals surface area contributed by atoms with E-state index in [4.69, 9.17) is 0 Å². The Morgan fingerprint density at radius 1 is 0.385 bits per heavy atom. The van der Waals surface area contributed by atoms with Gasteiger partial charge < -0.3 is 0 Å². The van der Waals surface area contributed by atoms with Crippen molar-refractivity contribution in [1.82, 2.24) is 0 Å². The van der Waals surface area contributed by atoms with E-state index in [0.717, 1.165) is 88.8 Å². The van der Waals surface area contributed by atoms with Crippen molar-refractivity contribution in [3.8, 4) is 0 Å². The second kappa shape index (κ2) is 10.9. The van der Waals surface area contributed by atoms with Crippen LogP contribution in [0.4, 0.5) is 0 Å². The van der Waals surface area contributed by atoms with Gasteiger partial charge in [0, 0.05) is 0 Å². The molecule has 0 aromatic carbocycles. The molecule has 228 valence electrons. The average molecular weight is 541 g/mol. The second-order valence-electron chi connectivity index (χ2n) is 19.1. The highest BCUT2D eigenvalue weighted by molar-refractivity contribution is 5.07. The lowest BCUT2D eigenvalue weighted by Gasteiger charge is -2.63. The van der Waals surface area contributed by atoms with E-state index in [0.29, 0.717) is 16.2 Å². The number of hydrogen-bond acceptors (Lipinski definition) is 0. The monoisotopic (exact) mass is 541 g/mol. The maximum absolute atomic E-state index is 2.49. The molecule has 9 aliphatic carbocycles. The normalized spacial score (nSPS) is 47.5. The van der Waals surface area contributed by atoms with Crippen LogP contribution in [0, 0.1) is 105 Å². The van der Waals surface area contributed by atoms with Crippen molar-refractivity contribution in [3.63, 3.8) is 0 Å². The Morgan fingerprint density at radius 3 is 0.718 bits per heavy atom. The lowest BCUT2D eigenvalue weighted by molar-refractivity contribution is -0.137. The minimum absolute atomic E-state index is 0.671. The molecule has 0 N–H and O–H groups in total. The van der Waals surface area contributed by atoms with Crippen LogP contribution in [0.2, 0.25) is 0 Å². The summed E-state index contributed by atoms with van der Waals surface area (Å²) in [7, 11) is 0. The summed E-state index contributed by atoms with van der Waals surface area (Å²) < 4.78 is 0. The van der Waals surface area contributed by atoms with Crippen LogP contribution in [0.25, 0.3) is 0 Å². The van der Waals surface area contributed by atoms with Crippen LogP contribution in [0.1, 0.15) is 142 Å². The first-order valence-electron chi connectivity index (χ1n) is 17.8. The quantitative estimate of drug-likeness (QED) is 0.334. The smallest absolute Gasteiger partial charge is 0.0295 e. The molecule has 0 nitrogen and oxygen atoms in total. The van der Waals surface area contributed by atoms with Crippen molar-refractivity contribution in [2.75, 3.05) is 0 Å². The van der Waals surface area contributed by atoms with Crippen LogP contribution in [0.5, 0.6) is 0 Å². The van der Waals surface area contributed by atoms with Gasteiger partial charge in [0.1, 0.15) is 0 Å². The van der Waals surface area contributed by atoms with Gasteiger partial charge in [-0.1, -0.05) is 104 Å². The van der Waals surface area contributed by atoms with Gasteiger partial charge in [-0.25, -0.2) is 0 Å². The maximum atomic E-state index is 2.49. The first-order chi connectivity index (χ1) is 17.8. The Labute approximate surface area is 247 Å². The summed E-state index contributed by atoms with van der Waals surface area (Å²) in [4.78, 5) is 0. The zero-order chi connectivity index (χ0) is 29.4. The molecular formula is C39H72. The minimum Gasteiger partial charge on any atom is -0.0625 e. The molecule has 0 spiro atoms. The molecule has 6 bridgehead atoms. The number of rotatable bonds is 3. The topological polar surface area (TPSA) is 0 Å². The van der Waals surface area contributed by atoms with E-state index in [9.17, 15) is 0 Å². The summed E-state index contributed by atoms with van der Waals surface area (Å²) in [5.41, 5.74) is 2.01.